The first-order valence-electron chi connectivity index (χ1n) is 8.39. The molecule has 23 heavy (non-hydrogen) atoms. The Morgan fingerprint density at radius 1 is 1.30 bits per heavy atom. The number of hydrogen-bond donors (Lipinski definition) is 3. The average molecular weight is 320 g/mol. The van der Waals surface area contributed by atoms with Crippen LogP contribution in [0.15, 0.2) is 6.33 Å². The Balaban J connectivity index is 1.56. The Kier molecular flexibility index (Phi) is 4.95. The minimum Gasteiger partial charge on any atom is -0.396 e. The van der Waals surface area contributed by atoms with Crippen molar-refractivity contribution in [3.63, 3.8) is 0 Å². The predicted molar refractivity (Wildman–Crippen MR) is 83.8 cm³/mol. The van der Waals surface area contributed by atoms with Gasteiger partial charge in [0.05, 0.1) is 17.9 Å². The van der Waals surface area contributed by atoms with Crippen LogP contribution in [-0.2, 0) is 17.8 Å². The molecule has 0 bridgehead atoms. The van der Waals surface area contributed by atoms with Crippen LogP contribution in [0.3, 0.4) is 0 Å². The molecule has 7 nitrogen and oxygen atoms in total. The van der Waals surface area contributed by atoms with Crippen LogP contribution in [0.5, 0.6) is 0 Å². The average Bonchev–Trinajstić information content (AvgIpc) is 3.29. The molecule has 3 N–H and O–H groups in total. The van der Waals surface area contributed by atoms with Crippen molar-refractivity contribution in [1.29, 1.82) is 0 Å². The zero-order valence-corrected chi connectivity index (χ0v) is 13.3. The van der Waals surface area contributed by atoms with Gasteiger partial charge in [0.1, 0.15) is 5.69 Å². The largest absolute Gasteiger partial charge is 0.396 e. The van der Waals surface area contributed by atoms with Gasteiger partial charge >= 0.3 is 0 Å². The summed E-state index contributed by atoms with van der Waals surface area (Å²) >= 11 is 0. The van der Waals surface area contributed by atoms with Gasteiger partial charge in [0.25, 0.3) is 5.91 Å². The molecule has 2 heterocycles. The molecule has 1 aromatic heterocycles. The second-order valence-corrected chi connectivity index (χ2v) is 6.45. The van der Waals surface area contributed by atoms with Gasteiger partial charge in [-0.2, -0.15) is 0 Å². The number of amides is 2. The van der Waals surface area contributed by atoms with E-state index in [4.69, 9.17) is 5.11 Å². The molecule has 1 atom stereocenters. The van der Waals surface area contributed by atoms with Gasteiger partial charge in [-0.1, -0.05) is 0 Å². The van der Waals surface area contributed by atoms with E-state index < -0.39 is 0 Å². The van der Waals surface area contributed by atoms with Crippen LogP contribution in [0, 0.1) is 11.8 Å². The summed E-state index contributed by atoms with van der Waals surface area (Å²) in [5.41, 5.74) is 1.34. The Morgan fingerprint density at radius 2 is 2.13 bits per heavy atom. The Morgan fingerprint density at radius 3 is 2.87 bits per heavy atom. The van der Waals surface area contributed by atoms with E-state index in [1.54, 1.807) is 6.33 Å². The highest BCUT2D eigenvalue weighted by molar-refractivity contribution is 5.93. The number of rotatable bonds is 7. The van der Waals surface area contributed by atoms with E-state index in [-0.39, 0.29) is 24.3 Å². The van der Waals surface area contributed by atoms with E-state index in [0.29, 0.717) is 37.5 Å². The number of nitrogens with one attached hydrogen (secondary N) is 2. The molecular formula is C16H24N4O3. The number of hydrogen-bond acceptors (Lipinski definition) is 4. The van der Waals surface area contributed by atoms with Crippen LogP contribution >= 0.6 is 0 Å². The highest BCUT2D eigenvalue weighted by Crippen LogP contribution is 2.28. The third kappa shape index (κ3) is 3.90. The third-order valence-corrected chi connectivity index (χ3v) is 4.56. The second kappa shape index (κ2) is 7.12. The summed E-state index contributed by atoms with van der Waals surface area (Å²) in [5, 5.41) is 14.5. The van der Waals surface area contributed by atoms with E-state index >= 15 is 0 Å². The molecule has 2 amide bonds. The summed E-state index contributed by atoms with van der Waals surface area (Å²) in [5.74, 6) is 0.551. The molecule has 126 valence electrons. The summed E-state index contributed by atoms with van der Waals surface area (Å²) in [6, 6.07) is 0. The van der Waals surface area contributed by atoms with Crippen molar-refractivity contribution in [3.8, 4) is 0 Å². The molecule has 1 saturated carbocycles. The fourth-order valence-corrected chi connectivity index (χ4v) is 2.95. The lowest BCUT2D eigenvalue weighted by molar-refractivity contribution is -0.126. The number of carbonyl (C=O) groups is 2. The van der Waals surface area contributed by atoms with Gasteiger partial charge in [-0.15, -0.1) is 0 Å². The third-order valence-electron chi connectivity index (χ3n) is 4.56. The highest BCUT2D eigenvalue weighted by atomic mass is 16.3. The topological polar surface area (TPSA) is 96.2 Å². The van der Waals surface area contributed by atoms with Gasteiger partial charge in [-0.05, 0) is 38.0 Å². The lowest BCUT2D eigenvalue weighted by Crippen LogP contribution is -2.37. The predicted octanol–water partition coefficient (Wildman–Crippen LogP) is 0.0839. The molecule has 0 aromatic carbocycles. The number of carbonyl (C=O) groups excluding carboxylic acids is 2. The van der Waals surface area contributed by atoms with E-state index in [9.17, 15) is 9.59 Å². The van der Waals surface area contributed by atoms with E-state index in [2.05, 4.69) is 15.6 Å². The Labute approximate surface area is 135 Å². The van der Waals surface area contributed by atoms with Crippen molar-refractivity contribution in [2.75, 3.05) is 19.7 Å². The number of aliphatic hydroxyl groups excluding tert-OH is 1. The van der Waals surface area contributed by atoms with Crippen molar-refractivity contribution in [1.82, 2.24) is 20.2 Å². The van der Waals surface area contributed by atoms with Crippen molar-refractivity contribution in [3.05, 3.63) is 17.7 Å². The summed E-state index contributed by atoms with van der Waals surface area (Å²) in [7, 11) is 0. The fourth-order valence-electron chi connectivity index (χ4n) is 2.95. The quantitative estimate of drug-likeness (QED) is 0.620. The molecule has 1 aliphatic carbocycles. The van der Waals surface area contributed by atoms with Gasteiger partial charge in [0, 0.05) is 26.2 Å². The van der Waals surface area contributed by atoms with Crippen molar-refractivity contribution in [2.24, 2.45) is 11.8 Å². The van der Waals surface area contributed by atoms with Crippen molar-refractivity contribution in [2.45, 2.75) is 38.6 Å². The zero-order valence-electron chi connectivity index (χ0n) is 13.3. The molecule has 7 heteroatoms. The minimum atomic E-state index is -0.205. The maximum absolute atomic E-state index is 12.2. The summed E-state index contributed by atoms with van der Waals surface area (Å²) in [4.78, 5) is 28.5. The second-order valence-electron chi connectivity index (χ2n) is 6.45. The van der Waals surface area contributed by atoms with E-state index in [0.717, 1.165) is 18.7 Å². The molecule has 1 aromatic rings. The number of nitrogens with zero attached hydrogens (tertiary/aromatic N) is 2. The maximum atomic E-state index is 12.2. The normalized spacial score (nSPS) is 20.0. The SMILES string of the molecule is O=C(NCCCO)c1ncn2c1CCC(C(=O)NCC1CC1)C2. The summed E-state index contributed by atoms with van der Waals surface area (Å²) < 4.78 is 1.92. The van der Waals surface area contributed by atoms with Crippen LogP contribution in [0.25, 0.3) is 0 Å². The number of fused-ring (bicyclic) bond motifs is 1. The number of aromatic nitrogens is 2. The van der Waals surface area contributed by atoms with Crippen molar-refractivity contribution >= 4 is 11.8 Å². The number of aliphatic hydroxyl groups is 1. The molecular weight excluding hydrogens is 296 g/mol. The van der Waals surface area contributed by atoms with Crippen LogP contribution < -0.4 is 10.6 Å². The molecule has 3 rings (SSSR count). The highest BCUT2D eigenvalue weighted by Gasteiger charge is 2.29. The molecule has 0 saturated heterocycles. The van der Waals surface area contributed by atoms with Gasteiger partial charge < -0.3 is 20.3 Å². The molecule has 0 spiro atoms. The monoisotopic (exact) mass is 320 g/mol. The first-order valence-corrected chi connectivity index (χ1v) is 8.39. The van der Waals surface area contributed by atoms with E-state index in [1.165, 1.54) is 12.8 Å². The van der Waals surface area contributed by atoms with Crippen molar-refractivity contribution < 1.29 is 14.7 Å². The fraction of sp³-hybridized carbons (Fsp3) is 0.688. The zero-order chi connectivity index (χ0) is 16.2. The van der Waals surface area contributed by atoms with Crippen LogP contribution in [0.2, 0.25) is 0 Å². The van der Waals surface area contributed by atoms with Gasteiger partial charge in [0.2, 0.25) is 5.91 Å². The van der Waals surface area contributed by atoms with Crippen LogP contribution in [0.4, 0.5) is 0 Å². The maximum Gasteiger partial charge on any atom is 0.271 e. The molecule has 2 aliphatic rings. The summed E-state index contributed by atoms with van der Waals surface area (Å²) in [6.45, 7) is 1.88. The van der Waals surface area contributed by atoms with Gasteiger partial charge in [-0.3, -0.25) is 9.59 Å². The molecule has 1 unspecified atom stereocenters. The summed E-state index contributed by atoms with van der Waals surface area (Å²) in [6.07, 6.45) is 6.07. The first-order chi connectivity index (χ1) is 11.2. The molecule has 0 radical (unpaired) electrons. The molecule has 1 fully saturated rings. The van der Waals surface area contributed by atoms with Crippen LogP contribution in [0.1, 0.15) is 41.9 Å². The van der Waals surface area contributed by atoms with Gasteiger partial charge in [0.15, 0.2) is 0 Å². The Hall–Kier alpha value is -1.89. The molecule has 1 aliphatic heterocycles. The minimum absolute atomic E-state index is 0.0410. The first kappa shape index (κ1) is 16.0. The van der Waals surface area contributed by atoms with Crippen LogP contribution in [-0.4, -0.2) is 46.2 Å². The van der Waals surface area contributed by atoms with E-state index in [1.807, 2.05) is 4.57 Å². The Bertz CT molecular complexity index is 580. The standard InChI is InChI=1S/C16H24N4O3/c21-7-1-6-17-16(23)14-13-5-4-12(9-20(13)10-19-14)15(22)18-8-11-2-3-11/h10-12,21H,1-9H2,(H,17,23)(H,18,22). The smallest absolute Gasteiger partial charge is 0.271 e. The number of imidazole rings is 1. The lowest BCUT2D eigenvalue weighted by Gasteiger charge is -2.24. The van der Waals surface area contributed by atoms with Gasteiger partial charge in [-0.25, -0.2) is 4.98 Å². The lowest BCUT2D eigenvalue weighted by atomic mass is 9.96.